The highest BCUT2D eigenvalue weighted by molar-refractivity contribution is 5.71. The fraction of sp³-hybridized carbons (Fsp3) is 0.679. The predicted molar refractivity (Wildman–Crippen MR) is 251 cm³/mol. The first kappa shape index (κ1) is 55.6. The lowest BCUT2D eigenvalue weighted by molar-refractivity contribution is -0.167. The molecule has 1 atom stereocenters. The molecule has 0 radical (unpaired) electrons. The van der Waals surface area contributed by atoms with Crippen molar-refractivity contribution >= 4 is 17.9 Å². The van der Waals surface area contributed by atoms with Gasteiger partial charge in [-0.3, -0.25) is 14.4 Å². The molecule has 6 nitrogen and oxygen atoms in total. The molecule has 0 aromatic carbocycles. The van der Waals surface area contributed by atoms with Gasteiger partial charge in [-0.25, -0.2) is 0 Å². The molecule has 0 bridgehead atoms. The van der Waals surface area contributed by atoms with Gasteiger partial charge in [0.2, 0.25) is 0 Å². The number of allylic oxidation sites excluding steroid dienone is 14. The van der Waals surface area contributed by atoms with Crippen LogP contribution in [0.2, 0.25) is 0 Å². The summed E-state index contributed by atoms with van der Waals surface area (Å²) in [5.74, 6) is -0.952. The number of carbonyl (C=O) groups excluding carboxylic acids is 3. The van der Waals surface area contributed by atoms with Gasteiger partial charge in [0.1, 0.15) is 13.2 Å². The third-order valence-corrected chi connectivity index (χ3v) is 10.0. The van der Waals surface area contributed by atoms with E-state index >= 15 is 0 Å². The third-order valence-electron chi connectivity index (χ3n) is 10.0. The van der Waals surface area contributed by atoms with E-state index < -0.39 is 6.10 Å². The van der Waals surface area contributed by atoms with Crippen LogP contribution in [0.5, 0.6) is 0 Å². The quantitative estimate of drug-likeness (QED) is 0.0264. The molecule has 0 N–H and O–H groups in total. The van der Waals surface area contributed by atoms with Crippen LogP contribution in [-0.2, 0) is 28.6 Å². The largest absolute Gasteiger partial charge is 0.462 e. The molecule has 6 heteroatoms. The minimum Gasteiger partial charge on any atom is -0.462 e. The second-order valence-electron chi connectivity index (χ2n) is 15.8. The summed E-state index contributed by atoms with van der Waals surface area (Å²) in [7, 11) is 0. The molecule has 0 saturated carbocycles. The van der Waals surface area contributed by atoms with Crippen LogP contribution < -0.4 is 0 Å². The topological polar surface area (TPSA) is 78.9 Å². The molecular formula is C53H88O6. The van der Waals surface area contributed by atoms with Crippen LogP contribution in [0, 0.1) is 0 Å². The van der Waals surface area contributed by atoms with Crippen LogP contribution in [0.15, 0.2) is 85.1 Å². The first-order chi connectivity index (χ1) is 29.0. The highest BCUT2D eigenvalue weighted by Gasteiger charge is 2.19. The Hall–Kier alpha value is -3.41. The summed E-state index contributed by atoms with van der Waals surface area (Å²) in [5.41, 5.74) is 0. The Labute approximate surface area is 363 Å². The van der Waals surface area contributed by atoms with E-state index in [0.717, 1.165) is 96.3 Å². The Balaban J connectivity index is 4.45. The number of ether oxygens (including phenoxy) is 3. The number of carbonyl (C=O) groups is 3. The molecule has 0 saturated heterocycles. The maximum Gasteiger partial charge on any atom is 0.306 e. The Morgan fingerprint density at radius 3 is 1.10 bits per heavy atom. The summed E-state index contributed by atoms with van der Waals surface area (Å²) in [6, 6.07) is 0. The zero-order chi connectivity index (χ0) is 43.0. The van der Waals surface area contributed by atoms with Crippen molar-refractivity contribution in [2.75, 3.05) is 13.2 Å². The van der Waals surface area contributed by atoms with Crippen LogP contribution in [0.3, 0.4) is 0 Å². The molecule has 0 aliphatic rings. The molecule has 0 rings (SSSR count). The third kappa shape index (κ3) is 45.5. The van der Waals surface area contributed by atoms with Crippen LogP contribution >= 0.6 is 0 Å². The van der Waals surface area contributed by atoms with Gasteiger partial charge in [0.05, 0.1) is 0 Å². The molecule has 0 aromatic heterocycles. The van der Waals surface area contributed by atoms with E-state index in [1.54, 1.807) is 0 Å². The molecule has 0 fully saturated rings. The standard InChI is InChI=1S/C53H88O6/c1-4-7-10-13-16-19-22-24-25-26-27-28-29-32-34-37-40-43-46-52(55)58-49-50(48-57-51(54)45-42-39-36-33-30-21-18-15-12-9-6-3)59-53(56)47-44-41-38-35-31-23-20-17-14-11-8-5-2/h10,13,15-16,18-19,21-22,24-28,30,50H,4-9,11-12,14,17,20,23,29,31-49H2,1-3H3/b13-10-,18-15-,19-16-,24-22-,26-25-,28-27-,30-21-. The molecular weight excluding hydrogens is 733 g/mol. The summed E-state index contributed by atoms with van der Waals surface area (Å²) in [6.07, 6.45) is 59.8. The maximum absolute atomic E-state index is 12.7. The van der Waals surface area contributed by atoms with Crippen LogP contribution in [-0.4, -0.2) is 37.2 Å². The van der Waals surface area contributed by atoms with Gasteiger partial charge in [0, 0.05) is 19.3 Å². The van der Waals surface area contributed by atoms with Gasteiger partial charge in [-0.2, -0.15) is 0 Å². The van der Waals surface area contributed by atoms with E-state index in [0.29, 0.717) is 19.3 Å². The van der Waals surface area contributed by atoms with E-state index in [1.165, 1.54) is 77.0 Å². The molecule has 0 aliphatic heterocycles. The zero-order valence-corrected chi connectivity index (χ0v) is 38.2. The summed E-state index contributed by atoms with van der Waals surface area (Å²) in [5, 5.41) is 0. The Morgan fingerprint density at radius 1 is 0.339 bits per heavy atom. The normalized spacial score (nSPS) is 12.8. The van der Waals surface area contributed by atoms with Gasteiger partial charge in [0.25, 0.3) is 0 Å². The summed E-state index contributed by atoms with van der Waals surface area (Å²) in [4.78, 5) is 37.8. The highest BCUT2D eigenvalue weighted by Crippen LogP contribution is 2.14. The molecule has 0 aromatic rings. The molecule has 59 heavy (non-hydrogen) atoms. The van der Waals surface area contributed by atoms with E-state index in [9.17, 15) is 14.4 Å². The fourth-order valence-electron chi connectivity index (χ4n) is 6.33. The highest BCUT2D eigenvalue weighted by atomic mass is 16.6. The number of hydrogen-bond donors (Lipinski definition) is 0. The second kappa shape index (κ2) is 47.3. The molecule has 0 spiro atoms. The fourth-order valence-corrected chi connectivity index (χ4v) is 6.33. The van der Waals surface area contributed by atoms with E-state index in [2.05, 4.69) is 75.5 Å². The van der Waals surface area contributed by atoms with Gasteiger partial charge in [0.15, 0.2) is 6.10 Å². The number of hydrogen-bond acceptors (Lipinski definition) is 6. The average molecular weight is 821 g/mol. The van der Waals surface area contributed by atoms with Crippen molar-refractivity contribution in [2.24, 2.45) is 0 Å². The van der Waals surface area contributed by atoms with Gasteiger partial charge in [-0.1, -0.05) is 221 Å². The average Bonchev–Trinajstić information content (AvgIpc) is 3.23. The van der Waals surface area contributed by atoms with Crippen molar-refractivity contribution in [3.05, 3.63) is 85.1 Å². The minimum absolute atomic E-state index is 0.0980. The lowest BCUT2D eigenvalue weighted by Gasteiger charge is -2.18. The summed E-state index contributed by atoms with van der Waals surface area (Å²) < 4.78 is 16.7. The molecule has 0 aliphatic carbocycles. The number of esters is 3. The van der Waals surface area contributed by atoms with E-state index in [1.807, 2.05) is 30.4 Å². The maximum atomic E-state index is 12.7. The first-order valence-corrected chi connectivity index (χ1v) is 24.2. The van der Waals surface area contributed by atoms with Crippen molar-refractivity contribution in [1.82, 2.24) is 0 Å². The Kier molecular flexibility index (Phi) is 44.5. The number of rotatable bonds is 42. The predicted octanol–water partition coefficient (Wildman–Crippen LogP) is 15.6. The van der Waals surface area contributed by atoms with Gasteiger partial charge in [-0.15, -0.1) is 0 Å². The summed E-state index contributed by atoms with van der Waals surface area (Å²) in [6.45, 7) is 6.43. The van der Waals surface area contributed by atoms with Gasteiger partial charge >= 0.3 is 17.9 Å². The van der Waals surface area contributed by atoms with Crippen molar-refractivity contribution in [1.29, 1.82) is 0 Å². The monoisotopic (exact) mass is 821 g/mol. The van der Waals surface area contributed by atoms with Crippen molar-refractivity contribution < 1.29 is 28.6 Å². The van der Waals surface area contributed by atoms with E-state index in [4.69, 9.17) is 14.2 Å². The first-order valence-electron chi connectivity index (χ1n) is 24.2. The van der Waals surface area contributed by atoms with Crippen molar-refractivity contribution in [3.8, 4) is 0 Å². The summed E-state index contributed by atoms with van der Waals surface area (Å²) >= 11 is 0. The van der Waals surface area contributed by atoms with Crippen molar-refractivity contribution in [3.63, 3.8) is 0 Å². The molecule has 0 heterocycles. The number of unbranched alkanes of at least 4 members (excludes halogenated alkanes) is 22. The van der Waals surface area contributed by atoms with Gasteiger partial charge in [-0.05, 0) is 57.8 Å². The molecule has 1 unspecified atom stereocenters. The smallest absolute Gasteiger partial charge is 0.306 e. The van der Waals surface area contributed by atoms with Crippen LogP contribution in [0.25, 0.3) is 0 Å². The minimum atomic E-state index is -0.795. The van der Waals surface area contributed by atoms with Gasteiger partial charge < -0.3 is 14.2 Å². The van der Waals surface area contributed by atoms with Crippen LogP contribution in [0.4, 0.5) is 0 Å². The second-order valence-corrected chi connectivity index (χ2v) is 15.8. The van der Waals surface area contributed by atoms with Crippen LogP contribution in [0.1, 0.15) is 213 Å². The lowest BCUT2D eigenvalue weighted by Crippen LogP contribution is -2.30. The van der Waals surface area contributed by atoms with Crippen molar-refractivity contribution in [2.45, 2.75) is 219 Å². The molecule has 336 valence electrons. The van der Waals surface area contributed by atoms with E-state index in [-0.39, 0.29) is 31.1 Å². The molecule has 0 amide bonds. The Morgan fingerprint density at radius 2 is 0.661 bits per heavy atom. The Bertz CT molecular complexity index is 1170. The SMILES string of the molecule is CCC\C=C/C=C\C=C/C=C\C=C/CCCCCCCC(=O)OCC(COC(=O)CCCCC/C=C\C=C/CCCC)OC(=O)CCCCCCCCCCCCCC. The zero-order valence-electron chi connectivity index (χ0n) is 38.2. The lowest BCUT2D eigenvalue weighted by atomic mass is 10.0.